The van der Waals surface area contributed by atoms with E-state index in [1.165, 1.54) is 18.3 Å². The van der Waals surface area contributed by atoms with Crippen LogP contribution in [-0.4, -0.2) is 21.0 Å². The van der Waals surface area contributed by atoms with Gasteiger partial charge in [0.2, 0.25) is 0 Å². The van der Waals surface area contributed by atoms with Crippen molar-refractivity contribution in [3.63, 3.8) is 0 Å². The summed E-state index contributed by atoms with van der Waals surface area (Å²) in [6.07, 6.45) is 1.42. The molecule has 7 heteroatoms. The second kappa shape index (κ2) is 4.79. The minimum absolute atomic E-state index is 0.0370. The van der Waals surface area contributed by atoms with E-state index in [1.54, 1.807) is 5.38 Å². The Morgan fingerprint density at radius 3 is 3.06 bits per heavy atom. The molecule has 0 aromatic carbocycles. The van der Waals surface area contributed by atoms with Crippen molar-refractivity contribution >= 4 is 17.2 Å². The van der Waals surface area contributed by atoms with Crippen molar-refractivity contribution in [2.75, 3.05) is 0 Å². The van der Waals surface area contributed by atoms with Crippen molar-refractivity contribution in [2.45, 2.75) is 6.54 Å². The van der Waals surface area contributed by atoms with Crippen LogP contribution in [0.3, 0.4) is 0 Å². The molecule has 2 aromatic rings. The number of carbonyl (C=O) groups excluding carboxylic acids is 1. The Balaban J connectivity index is 2.03. The lowest BCUT2D eigenvalue weighted by molar-refractivity contribution is 0.0942. The molecule has 0 unspecified atom stereocenters. The molecule has 0 aliphatic heterocycles. The quantitative estimate of drug-likeness (QED) is 0.738. The van der Waals surface area contributed by atoms with Gasteiger partial charge in [-0.3, -0.25) is 9.59 Å². The van der Waals surface area contributed by atoms with E-state index >= 15 is 0 Å². The summed E-state index contributed by atoms with van der Waals surface area (Å²) in [6, 6.07) is 2.91. The third kappa shape index (κ3) is 2.70. The van der Waals surface area contributed by atoms with Gasteiger partial charge in [0, 0.05) is 17.3 Å². The zero-order valence-corrected chi connectivity index (χ0v) is 9.45. The fourth-order valence-corrected chi connectivity index (χ4v) is 1.81. The predicted molar refractivity (Wildman–Crippen MR) is 62.0 cm³/mol. The van der Waals surface area contributed by atoms with Crippen LogP contribution in [0.2, 0.25) is 0 Å². The van der Waals surface area contributed by atoms with E-state index in [1.807, 2.05) is 0 Å². The van der Waals surface area contributed by atoms with Crippen molar-refractivity contribution in [3.05, 3.63) is 44.8 Å². The molecule has 0 aliphatic carbocycles. The molecule has 2 rings (SSSR count). The number of aromatic amines is 1. The molecule has 3 N–H and O–H groups in total. The Labute approximate surface area is 100.0 Å². The van der Waals surface area contributed by atoms with E-state index in [-0.39, 0.29) is 22.9 Å². The van der Waals surface area contributed by atoms with Gasteiger partial charge in [-0.1, -0.05) is 11.3 Å². The van der Waals surface area contributed by atoms with Crippen LogP contribution in [0.1, 0.15) is 16.2 Å². The van der Waals surface area contributed by atoms with Gasteiger partial charge < -0.3 is 15.4 Å². The first-order chi connectivity index (χ1) is 8.16. The van der Waals surface area contributed by atoms with Crippen LogP contribution in [-0.2, 0) is 6.54 Å². The molecule has 0 spiro atoms. The first-order valence-electron chi connectivity index (χ1n) is 4.75. The number of pyridine rings is 1. The lowest BCUT2D eigenvalue weighted by Gasteiger charge is -2.03. The Hall–Kier alpha value is -2.15. The summed E-state index contributed by atoms with van der Waals surface area (Å²) in [5, 5.41) is 13.6. The highest BCUT2D eigenvalue weighted by Crippen LogP contribution is 2.12. The van der Waals surface area contributed by atoms with Crippen molar-refractivity contribution in [3.8, 4) is 5.75 Å². The molecular weight excluding hydrogens is 242 g/mol. The second-order valence-corrected chi connectivity index (χ2v) is 4.07. The van der Waals surface area contributed by atoms with Crippen molar-refractivity contribution < 1.29 is 9.90 Å². The van der Waals surface area contributed by atoms with Gasteiger partial charge in [-0.05, 0) is 12.1 Å². The smallest absolute Gasteiger partial charge is 0.304 e. The number of amides is 1. The van der Waals surface area contributed by atoms with E-state index in [0.717, 1.165) is 11.3 Å². The number of aromatic hydroxyl groups is 1. The zero-order valence-electron chi connectivity index (χ0n) is 8.64. The van der Waals surface area contributed by atoms with Gasteiger partial charge in [-0.2, -0.15) is 0 Å². The average Bonchev–Trinajstić information content (AvgIpc) is 2.73. The highest BCUT2D eigenvalue weighted by atomic mass is 32.1. The number of hydrogen-bond donors (Lipinski definition) is 3. The number of aromatic nitrogens is 2. The fraction of sp³-hybridized carbons (Fsp3) is 0.100. The largest absolute Gasteiger partial charge is 0.505 e. The molecule has 0 saturated heterocycles. The van der Waals surface area contributed by atoms with Crippen LogP contribution in [0.15, 0.2) is 28.5 Å². The molecule has 1 amide bonds. The normalized spacial score (nSPS) is 10.1. The Bertz CT molecular complexity index is 590. The second-order valence-electron chi connectivity index (χ2n) is 3.23. The average molecular weight is 251 g/mol. The van der Waals surface area contributed by atoms with E-state index in [9.17, 15) is 14.7 Å². The molecule has 88 valence electrons. The molecule has 0 radical (unpaired) electrons. The summed E-state index contributed by atoms with van der Waals surface area (Å²) in [4.78, 5) is 28.6. The van der Waals surface area contributed by atoms with Gasteiger partial charge in [0.05, 0.1) is 6.54 Å². The third-order valence-corrected chi connectivity index (χ3v) is 2.73. The summed E-state index contributed by atoms with van der Waals surface area (Å²) >= 11 is 1.03. The SMILES string of the molecule is O=C(NCc1csc(=O)[nH]1)c1ncccc1O. The van der Waals surface area contributed by atoms with Gasteiger partial charge >= 0.3 is 4.87 Å². The maximum absolute atomic E-state index is 11.6. The van der Waals surface area contributed by atoms with E-state index in [2.05, 4.69) is 15.3 Å². The predicted octanol–water partition coefficient (Wildman–Crippen LogP) is 0.467. The highest BCUT2D eigenvalue weighted by Gasteiger charge is 2.11. The Morgan fingerprint density at radius 1 is 1.59 bits per heavy atom. The van der Waals surface area contributed by atoms with Crippen LogP contribution < -0.4 is 10.2 Å². The summed E-state index contributed by atoms with van der Waals surface area (Å²) in [5.74, 6) is -0.668. The lowest BCUT2D eigenvalue weighted by atomic mass is 10.3. The summed E-state index contributed by atoms with van der Waals surface area (Å²) < 4.78 is 0. The van der Waals surface area contributed by atoms with E-state index < -0.39 is 5.91 Å². The number of rotatable bonds is 3. The number of H-pyrrole nitrogens is 1. The number of nitrogens with zero attached hydrogens (tertiary/aromatic N) is 1. The first-order valence-corrected chi connectivity index (χ1v) is 5.63. The molecule has 2 heterocycles. The summed E-state index contributed by atoms with van der Waals surface area (Å²) in [6.45, 7) is 0.188. The third-order valence-electron chi connectivity index (χ3n) is 2.01. The molecular formula is C10H9N3O3S. The molecule has 0 aliphatic rings. The Kier molecular flexibility index (Phi) is 3.20. The van der Waals surface area contributed by atoms with Crippen LogP contribution in [0.5, 0.6) is 5.75 Å². The first kappa shape index (κ1) is 11.3. The minimum Gasteiger partial charge on any atom is -0.505 e. The molecule has 0 atom stereocenters. The van der Waals surface area contributed by atoms with Gasteiger partial charge in [0.25, 0.3) is 5.91 Å². The summed E-state index contributed by atoms with van der Waals surface area (Å²) in [7, 11) is 0. The Morgan fingerprint density at radius 2 is 2.41 bits per heavy atom. The molecule has 0 bridgehead atoms. The highest BCUT2D eigenvalue weighted by molar-refractivity contribution is 7.07. The molecule has 0 fully saturated rings. The molecule has 2 aromatic heterocycles. The maximum atomic E-state index is 11.6. The molecule has 0 saturated carbocycles. The molecule has 6 nitrogen and oxygen atoms in total. The lowest BCUT2D eigenvalue weighted by Crippen LogP contribution is -2.24. The monoisotopic (exact) mass is 251 g/mol. The van der Waals surface area contributed by atoms with Gasteiger partial charge in [-0.15, -0.1) is 0 Å². The fourth-order valence-electron chi connectivity index (χ4n) is 1.23. The van der Waals surface area contributed by atoms with Gasteiger partial charge in [0.15, 0.2) is 5.69 Å². The summed E-state index contributed by atoms with van der Waals surface area (Å²) in [5.41, 5.74) is 0.578. The van der Waals surface area contributed by atoms with Crippen LogP contribution in [0.25, 0.3) is 0 Å². The topological polar surface area (TPSA) is 95.1 Å². The van der Waals surface area contributed by atoms with Crippen LogP contribution in [0, 0.1) is 0 Å². The van der Waals surface area contributed by atoms with Crippen molar-refractivity contribution in [2.24, 2.45) is 0 Å². The number of carbonyl (C=O) groups is 1. The van der Waals surface area contributed by atoms with Gasteiger partial charge in [0.1, 0.15) is 5.75 Å². The molecule has 17 heavy (non-hydrogen) atoms. The van der Waals surface area contributed by atoms with Crippen molar-refractivity contribution in [1.29, 1.82) is 0 Å². The number of thiazole rings is 1. The van der Waals surface area contributed by atoms with Gasteiger partial charge in [-0.25, -0.2) is 4.98 Å². The van der Waals surface area contributed by atoms with E-state index in [4.69, 9.17) is 0 Å². The van der Waals surface area contributed by atoms with Crippen molar-refractivity contribution in [1.82, 2.24) is 15.3 Å². The number of hydrogen-bond acceptors (Lipinski definition) is 5. The van der Waals surface area contributed by atoms with Crippen LogP contribution in [0.4, 0.5) is 0 Å². The zero-order chi connectivity index (χ0) is 12.3. The minimum atomic E-state index is -0.491. The van der Waals surface area contributed by atoms with Crippen LogP contribution >= 0.6 is 11.3 Å². The maximum Gasteiger partial charge on any atom is 0.304 e. The van der Waals surface area contributed by atoms with E-state index in [0.29, 0.717) is 5.69 Å². The standard InChI is InChI=1S/C10H9N3O3S/c14-7-2-1-3-11-8(7)9(15)12-4-6-5-17-10(16)13-6/h1-3,5,14H,4H2,(H,12,15)(H,13,16). The number of nitrogens with one attached hydrogen (secondary N) is 2.